The fourth-order valence-electron chi connectivity index (χ4n) is 2.66. The van der Waals surface area contributed by atoms with Gasteiger partial charge in [0.2, 0.25) is 0 Å². The number of ether oxygens (including phenoxy) is 1. The Morgan fingerprint density at radius 1 is 1.50 bits per heavy atom. The molecular weight excluding hydrogens is 278 g/mol. The van der Waals surface area contributed by atoms with E-state index in [2.05, 4.69) is 21.7 Å². The normalized spacial score (nSPS) is 23.9. The van der Waals surface area contributed by atoms with Crippen molar-refractivity contribution >= 4 is 17.7 Å². The van der Waals surface area contributed by atoms with Crippen LogP contribution in [0.2, 0.25) is 0 Å². The van der Waals surface area contributed by atoms with Crippen LogP contribution < -0.4 is 0 Å². The van der Waals surface area contributed by atoms with Gasteiger partial charge in [-0.2, -0.15) is 0 Å². The highest BCUT2D eigenvalue weighted by Gasteiger charge is 2.34. The van der Waals surface area contributed by atoms with Crippen LogP contribution in [0.4, 0.5) is 0 Å². The van der Waals surface area contributed by atoms with E-state index in [4.69, 9.17) is 9.84 Å². The van der Waals surface area contributed by atoms with Crippen molar-refractivity contribution in [3.8, 4) is 0 Å². The second kappa shape index (κ2) is 5.73. The molecule has 0 bridgehead atoms. The molecule has 0 radical (unpaired) electrons. The van der Waals surface area contributed by atoms with E-state index in [0.29, 0.717) is 11.8 Å². The number of carboxylic acid groups (broad SMARTS) is 1. The molecule has 7 heteroatoms. The van der Waals surface area contributed by atoms with Crippen molar-refractivity contribution in [3.63, 3.8) is 0 Å². The molecule has 6 nitrogen and oxygen atoms in total. The van der Waals surface area contributed by atoms with Gasteiger partial charge >= 0.3 is 5.97 Å². The first kappa shape index (κ1) is 13.9. The molecule has 110 valence electrons. The van der Waals surface area contributed by atoms with Gasteiger partial charge in [-0.15, -0.1) is 10.2 Å². The highest BCUT2D eigenvalue weighted by molar-refractivity contribution is 7.99. The van der Waals surface area contributed by atoms with Crippen LogP contribution in [-0.4, -0.2) is 44.8 Å². The van der Waals surface area contributed by atoms with Gasteiger partial charge in [0.25, 0.3) is 0 Å². The van der Waals surface area contributed by atoms with Crippen LogP contribution in [-0.2, 0) is 9.53 Å². The number of hydrogen-bond acceptors (Lipinski definition) is 5. The monoisotopic (exact) mass is 297 g/mol. The number of carboxylic acids is 1. The second-order valence-electron chi connectivity index (χ2n) is 5.53. The molecule has 2 aliphatic rings. The number of nitrogens with zero attached hydrogens (tertiary/aromatic N) is 3. The van der Waals surface area contributed by atoms with Crippen LogP contribution in [0.3, 0.4) is 0 Å². The number of rotatable bonds is 6. The average Bonchev–Trinajstić information content (AvgIpc) is 2.97. The molecule has 3 rings (SSSR count). The summed E-state index contributed by atoms with van der Waals surface area (Å²) in [6.45, 7) is 3.75. The van der Waals surface area contributed by atoms with Gasteiger partial charge in [-0.05, 0) is 26.2 Å². The van der Waals surface area contributed by atoms with E-state index >= 15 is 0 Å². The smallest absolute Gasteiger partial charge is 0.313 e. The Morgan fingerprint density at radius 3 is 2.90 bits per heavy atom. The highest BCUT2D eigenvalue weighted by atomic mass is 32.2. The highest BCUT2D eigenvalue weighted by Crippen LogP contribution is 2.42. The molecule has 1 saturated heterocycles. The molecule has 2 atom stereocenters. The zero-order chi connectivity index (χ0) is 14.1. The lowest BCUT2D eigenvalue weighted by Gasteiger charge is -2.22. The summed E-state index contributed by atoms with van der Waals surface area (Å²) in [4.78, 5) is 10.8. The number of carbonyl (C=O) groups is 1. The maximum Gasteiger partial charge on any atom is 0.313 e. The summed E-state index contributed by atoms with van der Waals surface area (Å²) in [7, 11) is 0. The minimum atomic E-state index is -0.825. The summed E-state index contributed by atoms with van der Waals surface area (Å²) in [6.07, 6.45) is 3.37. The molecule has 2 heterocycles. The first-order valence-electron chi connectivity index (χ1n) is 7.04. The number of aliphatic carboxylic acids is 1. The molecule has 1 aliphatic heterocycles. The van der Waals surface area contributed by atoms with Gasteiger partial charge in [0, 0.05) is 24.5 Å². The second-order valence-corrected chi connectivity index (χ2v) is 6.47. The first-order chi connectivity index (χ1) is 9.66. The summed E-state index contributed by atoms with van der Waals surface area (Å²) in [6, 6.07) is 0.263. The molecule has 1 saturated carbocycles. The molecule has 1 aromatic heterocycles. The maximum absolute atomic E-state index is 10.8. The van der Waals surface area contributed by atoms with E-state index in [1.165, 1.54) is 11.8 Å². The molecule has 0 amide bonds. The van der Waals surface area contributed by atoms with Crippen molar-refractivity contribution in [2.24, 2.45) is 5.92 Å². The molecule has 0 spiro atoms. The van der Waals surface area contributed by atoms with Crippen molar-refractivity contribution in [1.82, 2.24) is 14.8 Å². The third-order valence-electron chi connectivity index (χ3n) is 4.01. The molecule has 2 unspecified atom stereocenters. The van der Waals surface area contributed by atoms with E-state index in [1.807, 2.05) is 0 Å². The van der Waals surface area contributed by atoms with Crippen molar-refractivity contribution in [2.75, 3.05) is 19.0 Å². The van der Waals surface area contributed by atoms with Crippen molar-refractivity contribution in [3.05, 3.63) is 5.82 Å². The van der Waals surface area contributed by atoms with Crippen LogP contribution >= 0.6 is 11.8 Å². The van der Waals surface area contributed by atoms with E-state index in [-0.39, 0.29) is 11.8 Å². The molecule has 1 aromatic rings. The zero-order valence-electron chi connectivity index (χ0n) is 11.5. The van der Waals surface area contributed by atoms with Crippen LogP contribution in [0.25, 0.3) is 0 Å². The number of thioether (sulfide) groups is 1. The largest absolute Gasteiger partial charge is 0.481 e. The lowest BCUT2D eigenvalue weighted by Crippen LogP contribution is -2.20. The molecule has 1 aliphatic carbocycles. The molecule has 1 N–H and O–H groups in total. The minimum absolute atomic E-state index is 0.0245. The summed E-state index contributed by atoms with van der Waals surface area (Å²) < 4.78 is 7.63. The van der Waals surface area contributed by atoms with Gasteiger partial charge in [-0.1, -0.05) is 11.8 Å². The fraction of sp³-hybridized carbons (Fsp3) is 0.769. The summed E-state index contributed by atoms with van der Waals surface area (Å²) in [5.74, 6) is 1.20. The standard InChI is InChI=1S/C13H19N3O3S/c1-8(10-4-5-19-6-10)16-12(9-2-3-9)14-15-13(16)20-7-11(17)18/h8-10H,2-7H2,1H3,(H,17,18). The average molecular weight is 297 g/mol. The maximum atomic E-state index is 10.8. The van der Waals surface area contributed by atoms with E-state index in [9.17, 15) is 4.79 Å². The quantitative estimate of drug-likeness (QED) is 0.808. The molecule has 2 fully saturated rings. The van der Waals surface area contributed by atoms with Gasteiger partial charge in [0.15, 0.2) is 5.16 Å². The Bertz CT molecular complexity index is 495. The van der Waals surface area contributed by atoms with Gasteiger partial charge in [-0.3, -0.25) is 4.79 Å². The Kier molecular flexibility index (Phi) is 3.98. The Morgan fingerprint density at radius 2 is 2.30 bits per heavy atom. The van der Waals surface area contributed by atoms with Crippen molar-refractivity contribution < 1.29 is 14.6 Å². The first-order valence-corrected chi connectivity index (χ1v) is 8.02. The number of aromatic nitrogens is 3. The van der Waals surface area contributed by atoms with Crippen LogP contribution in [0.5, 0.6) is 0 Å². The third kappa shape index (κ3) is 2.83. The zero-order valence-corrected chi connectivity index (χ0v) is 12.3. The SMILES string of the molecule is CC(C1CCOC1)n1c(SCC(=O)O)nnc1C1CC1. The van der Waals surface area contributed by atoms with E-state index < -0.39 is 5.97 Å². The van der Waals surface area contributed by atoms with Gasteiger partial charge in [0.05, 0.1) is 12.4 Å². The Hall–Kier alpha value is -1.08. The lowest BCUT2D eigenvalue weighted by atomic mass is 10.0. The van der Waals surface area contributed by atoms with E-state index in [0.717, 1.165) is 43.5 Å². The Labute approximate surface area is 121 Å². The number of hydrogen-bond donors (Lipinski definition) is 1. The van der Waals surface area contributed by atoms with Gasteiger partial charge in [-0.25, -0.2) is 0 Å². The summed E-state index contributed by atoms with van der Waals surface area (Å²) in [5.41, 5.74) is 0. The van der Waals surface area contributed by atoms with Crippen LogP contribution in [0, 0.1) is 5.92 Å². The van der Waals surface area contributed by atoms with Gasteiger partial charge < -0.3 is 14.4 Å². The minimum Gasteiger partial charge on any atom is -0.481 e. The molecule has 20 heavy (non-hydrogen) atoms. The summed E-state index contributed by atoms with van der Waals surface area (Å²) in [5, 5.41) is 18.1. The lowest BCUT2D eigenvalue weighted by molar-refractivity contribution is -0.133. The molecule has 0 aromatic carbocycles. The van der Waals surface area contributed by atoms with Crippen LogP contribution in [0.1, 0.15) is 44.0 Å². The topological polar surface area (TPSA) is 77.2 Å². The summed E-state index contributed by atoms with van der Waals surface area (Å²) >= 11 is 1.26. The Balaban J connectivity index is 1.84. The molecular formula is C13H19N3O3S. The van der Waals surface area contributed by atoms with Crippen LogP contribution in [0.15, 0.2) is 5.16 Å². The fourth-order valence-corrected chi connectivity index (χ4v) is 3.41. The van der Waals surface area contributed by atoms with E-state index in [1.54, 1.807) is 0 Å². The van der Waals surface area contributed by atoms with Crippen molar-refractivity contribution in [2.45, 2.75) is 43.3 Å². The van der Waals surface area contributed by atoms with Gasteiger partial charge in [0.1, 0.15) is 5.82 Å². The van der Waals surface area contributed by atoms with Crippen molar-refractivity contribution in [1.29, 1.82) is 0 Å². The predicted octanol–water partition coefficient (Wildman–Crippen LogP) is 1.93. The predicted molar refractivity (Wildman–Crippen MR) is 74.0 cm³/mol. The third-order valence-corrected chi connectivity index (χ3v) is 4.94.